The van der Waals surface area contributed by atoms with Gasteiger partial charge in [-0.15, -0.1) is 0 Å². The van der Waals surface area contributed by atoms with E-state index in [1.807, 2.05) is 0 Å². The van der Waals surface area contributed by atoms with Gasteiger partial charge < -0.3 is 4.74 Å². The molecule has 0 N–H and O–H groups in total. The minimum absolute atomic E-state index is 0.0401. The molecule has 0 bridgehead atoms. The van der Waals surface area contributed by atoms with Gasteiger partial charge in [0, 0.05) is 11.1 Å². The van der Waals surface area contributed by atoms with Crippen LogP contribution < -0.4 is 4.90 Å². The van der Waals surface area contributed by atoms with Gasteiger partial charge in [-0.05, 0) is 26.0 Å². The third kappa shape index (κ3) is 1.38. The van der Waals surface area contributed by atoms with Crippen molar-refractivity contribution in [1.29, 1.82) is 0 Å². The van der Waals surface area contributed by atoms with Crippen molar-refractivity contribution in [2.24, 2.45) is 0 Å². The number of ether oxygens (including phenoxy) is 1. The number of hydrogen-bond donors (Lipinski definition) is 0. The highest BCUT2D eigenvalue weighted by Crippen LogP contribution is 2.34. The number of esters is 2. The molecule has 0 saturated carbocycles. The van der Waals surface area contributed by atoms with E-state index in [0.717, 1.165) is 4.90 Å². The molecule has 0 aromatic heterocycles. The summed E-state index contributed by atoms with van der Waals surface area (Å²) in [5, 5.41) is 0. The molecule has 0 unspecified atom stereocenters. The number of nitrogens with zero attached hydrogens (tertiary/aromatic N) is 1. The molecule has 0 radical (unpaired) electrons. The number of fused-ring (bicyclic) bond motifs is 1. The third-order valence-electron chi connectivity index (χ3n) is 3.50. The van der Waals surface area contributed by atoms with Gasteiger partial charge >= 0.3 is 11.9 Å². The van der Waals surface area contributed by atoms with Crippen molar-refractivity contribution in [3.05, 3.63) is 40.5 Å². The Hall–Kier alpha value is -2.76. The Morgan fingerprint density at radius 1 is 0.900 bits per heavy atom. The fourth-order valence-corrected chi connectivity index (χ4v) is 2.27. The lowest BCUT2D eigenvalue weighted by Gasteiger charge is -2.16. The molecule has 2 aliphatic rings. The number of cyclic esters (lactones) is 2. The van der Waals surface area contributed by atoms with Crippen LogP contribution in [0.4, 0.5) is 5.69 Å². The highest BCUT2D eigenvalue weighted by Gasteiger charge is 2.40. The van der Waals surface area contributed by atoms with Crippen LogP contribution in [-0.2, 0) is 14.3 Å². The molecule has 0 fully saturated rings. The first kappa shape index (κ1) is 12.3. The molecule has 0 spiro atoms. The molecule has 100 valence electrons. The second kappa shape index (κ2) is 3.86. The lowest BCUT2D eigenvalue weighted by atomic mass is 10.1. The predicted octanol–water partition coefficient (Wildman–Crippen LogP) is 1.21. The molecule has 0 saturated heterocycles. The van der Waals surface area contributed by atoms with Crippen LogP contribution in [0.2, 0.25) is 0 Å². The number of amides is 2. The van der Waals surface area contributed by atoms with Crippen molar-refractivity contribution in [3.8, 4) is 0 Å². The van der Waals surface area contributed by atoms with Gasteiger partial charge in [0.1, 0.15) is 0 Å². The summed E-state index contributed by atoms with van der Waals surface area (Å²) in [6.45, 7) is 3.09. The summed E-state index contributed by atoms with van der Waals surface area (Å²) < 4.78 is 4.52. The highest BCUT2D eigenvalue weighted by atomic mass is 16.6. The Morgan fingerprint density at radius 3 is 2.10 bits per heavy atom. The first-order valence-corrected chi connectivity index (χ1v) is 5.89. The minimum atomic E-state index is -0.844. The van der Waals surface area contributed by atoms with E-state index in [4.69, 9.17) is 0 Å². The molecule has 20 heavy (non-hydrogen) atoms. The monoisotopic (exact) mass is 271 g/mol. The maximum Gasteiger partial charge on any atom is 0.349 e. The minimum Gasteiger partial charge on any atom is -0.386 e. The third-order valence-corrected chi connectivity index (χ3v) is 3.50. The Labute approximate surface area is 113 Å². The Kier molecular flexibility index (Phi) is 2.37. The normalized spacial score (nSPS) is 18.0. The van der Waals surface area contributed by atoms with Gasteiger partial charge in [0.05, 0.1) is 16.8 Å². The van der Waals surface area contributed by atoms with Crippen molar-refractivity contribution in [2.75, 3.05) is 4.90 Å². The molecule has 0 aliphatic carbocycles. The van der Waals surface area contributed by atoms with E-state index >= 15 is 0 Å². The lowest BCUT2D eigenvalue weighted by Crippen LogP contribution is -2.32. The average molecular weight is 271 g/mol. The van der Waals surface area contributed by atoms with Gasteiger partial charge in [0.25, 0.3) is 11.8 Å². The molecular formula is C14H9NO5. The van der Waals surface area contributed by atoms with Crippen LogP contribution in [0.15, 0.2) is 29.3 Å². The second-order valence-corrected chi connectivity index (χ2v) is 4.57. The van der Waals surface area contributed by atoms with E-state index in [0.29, 0.717) is 11.1 Å². The van der Waals surface area contributed by atoms with Crippen molar-refractivity contribution in [3.63, 3.8) is 0 Å². The van der Waals surface area contributed by atoms with E-state index in [2.05, 4.69) is 4.74 Å². The summed E-state index contributed by atoms with van der Waals surface area (Å²) in [5.41, 5.74) is 0.761. The van der Waals surface area contributed by atoms with E-state index in [-0.39, 0.29) is 16.8 Å². The first-order valence-electron chi connectivity index (χ1n) is 5.89. The van der Waals surface area contributed by atoms with Crippen molar-refractivity contribution >= 4 is 29.4 Å². The summed E-state index contributed by atoms with van der Waals surface area (Å²) >= 11 is 0. The summed E-state index contributed by atoms with van der Waals surface area (Å²) in [4.78, 5) is 48.4. The zero-order chi connectivity index (χ0) is 14.6. The first-order chi connectivity index (χ1) is 9.43. The van der Waals surface area contributed by atoms with E-state index in [1.54, 1.807) is 13.8 Å². The smallest absolute Gasteiger partial charge is 0.349 e. The number of hydrogen-bond acceptors (Lipinski definition) is 5. The summed E-state index contributed by atoms with van der Waals surface area (Å²) in [6, 6.07) is 4.36. The van der Waals surface area contributed by atoms with Gasteiger partial charge in [-0.25, -0.2) is 14.5 Å². The Bertz CT molecular complexity index is 720. The predicted molar refractivity (Wildman–Crippen MR) is 67.1 cm³/mol. The largest absolute Gasteiger partial charge is 0.386 e. The molecule has 1 aromatic carbocycles. The standard InChI is InChI=1S/C14H9NO5/c1-6-7(2)12(17)15(11(6)16)9-5-3-4-8-10(9)14(19)20-13(8)18/h3-5H,1-2H3. The number of carbonyl (C=O) groups is 4. The van der Waals surface area contributed by atoms with Crippen LogP contribution in [0.1, 0.15) is 34.6 Å². The maximum atomic E-state index is 12.1. The van der Waals surface area contributed by atoms with E-state index in [1.165, 1.54) is 18.2 Å². The van der Waals surface area contributed by atoms with E-state index in [9.17, 15) is 19.2 Å². The highest BCUT2D eigenvalue weighted by molar-refractivity contribution is 6.34. The molecule has 3 rings (SSSR count). The SMILES string of the molecule is CC1=C(C)C(=O)N(c2cccc3c2C(=O)OC3=O)C1=O. The van der Waals surface area contributed by atoms with Crippen LogP contribution in [0.5, 0.6) is 0 Å². The second-order valence-electron chi connectivity index (χ2n) is 4.57. The quantitative estimate of drug-likeness (QED) is 0.435. The Balaban J connectivity index is 2.20. The zero-order valence-corrected chi connectivity index (χ0v) is 10.7. The zero-order valence-electron chi connectivity index (χ0n) is 10.7. The van der Waals surface area contributed by atoms with E-state index < -0.39 is 23.8 Å². The molecule has 1 aromatic rings. The Morgan fingerprint density at radius 2 is 1.50 bits per heavy atom. The summed E-state index contributed by atoms with van der Waals surface area (Å²) in [7, 11) is 0. The summed E-state index contributed by atoms with van der Waals surface area (Å²) in [5.74, 6) is -2.60. The average Bonchev–Trinajstić information content (AvgIpc) is 2.81. The molecule has 0 atom stereocenters. The molecule has 6 heteroatoms. The van der Waals surface area contributed by atoms with Gasteiger partial charge in [-0.1, -0.05) is 6.07 Å². The van der Waals surface area contributed by atoms with Crippen molar-refractivity contribution < 1.29 is 23.9 Å². The van der Waals surface area contributed by atoms with Crippen LogP contribution in [0.25, 0.3) is 0 Å². The van der Waals surface area contributed by atoms with Gasteiger partial charge in [0.2, 0.25) is 0 Å². The van der Waals surface area contributed by atoms with Crippen molar-refractivity contribution in [1.82, 2.24) is 0 Å². The molecule has 2 heterocycles. The van der Waals surface area contributed by atoms with Gasteiger partial charge in [0.15, 0.2) is 0 Å². The van der Waals surface area contributed by atoms with Crippen LogP contribution >= 0.6 is 0 Å². The molecular weight excluding hydrogens is 262 g/mol. The topological polar surface area (TPSA) is 80.8 Å². The fraction of sp³-hybridized carbons (Fsp3) is 0.143. The summed E-state index contributed by atoms with van der Waals surface area (Å²) in [6.07, 6.45) is 0. The van der Waals surface area contributed by atoms with Gasteiger partial charge in [-0.2, -0.15) is 0 Å². The number of rotatable bonds is 1. The van der Waals surface area contributed by atoms with Crippen LogP contribution in [-0.4, -0.2) is 23.8 Å². The number of anilines is 1. The molecule has 6 nitrogen and oxygen atoms in total. The molecule has 2 aliphatic heterocycles. The number of benzene rings is 1. The van der Waals surface area contributed by atoms with Crippen molar-refractivity contribution in [2.45, 2.75) is 13.8 Å². The number of imide groups is 1. The maximum absolute atomic E-state index is 12.1. The lowest BCUT2D eigenvalue weighted by molar-refractivity contribution is -0.120. The fourth-order valence-electron chi connectivity index (χ4n) is 2.27. The van der Waals surface area contributed by atoms with Crippen LogP contribution in [0, 0.1) is 0 Å². The molecule has 2 amide bonds. The number of carbonyl (C=O) groups excluding carboxylic acids is 4. The van der Waals surface area contributed by atoms with Crippen LogP contribution in [0.3, 0.4) is 0 Å². The van der Waals surface area contributed by atoms with Gasteiger partial charge in [-0.3, -0.25) is 9.59 Å².